The predicted molar refractivity (Wildman–Crippen MR) is 149 cm³/mol. The van der Waals surface area contributed by atoms with E-state index in [1.54, 1.807) is 54.6 Å². The summed E-state index contributed by atoms with van der Waals surface area (Å²) in [7, 11) is -3.52. The van der Waals surface area contributed by atoms with Gasteiger partial charge >= 0.3 is 0 Å². The van der Waals surface area contributed by atoms with Crippen molar-refractivity contribution in [2.24, 2.45) is 0 Å². The molecule has 5 rings (SSSR count). The number of nitrogens with one attached hydrogen (secondary N) is 1. The second-order valence-corrected chi connectivity index (χ2v) is 11.6. The van der Waals surface area contributed by atoms with Crippen LogP contribution in [0.5, 0.6) is 5.75 Å². The number of rotatable bonds is 9. The molecule has 0 bridgehead atoms. The number of nitrogens with zero attached hydrogens (tertiary/aromatic N) is 2. The summed E-state index contributed by atoms with van der Waals surface area (Å²) in [4.78, 5) is 29.9. The first-order chi connectivity index (χ1) is 18.9. The molecule has 1 fully saturated rings. The van der Waals surface area contributed by atoms with Crippen molar-refractivity contribution in [2.45, 2.75) is 43.0 Å². The number of aryl methyl sites for hydroxylation is 1. The third-order valence-corrected chi connectivity index (χ3v) is 8.76. The van der Waals surface area contributed by atoms with Gasteiger partial charge < -0.3 is 14.5 Å². The van der Waals surface area contributed by atoms with E-state index in [2.05, 4.69) is 10.8 Å². The minimum absolute atomic E-state index is 0.0271. The van der Waals surface area contributed by atoms with Crippen LogP contribution in [-0.4, -0.2) is 57.4 Å². The minimum Gasteiger partial charge on any atom is -0.494 e. The van der Waals surface area contributed by atoms with E-state index in [-0.39, 0.29) is 29.3 Å². The van der Waals surface area contributed by atoms with Gasteiger partial charge in [0.25, 0.3) is 5.91 Å². The Morgan fingerprint density at radius 1 is 0.897 bits per heavy atom. The number of benzene rings is 3. The first-order valence-corrected chi connectivity index (χ1v) is 14.9. The molecule has 0 spiro atoms. The lowest BCUT2D eigenvalue weighted by atomic mass is 9.95. The molecular weight excluding hydrogens is 514 g/mol. The molecule has 0 aromatic heterocycles. The number of hydrogen-bond donors (Lipinski definition) is 1. The van der Waals surface area contributed by atoms with E-state index in [1.807, 2.05) is 28.0 Å². The Morgan fingerprint density at radius 3 is 2.33 bits per heavy atom. The maximum absolute atomic E-state index is 13.1. The fourth-order valence-electron chi connectivity index (χ4n) is 5.21. The van der Waals surface area contributed by atoms with Gasteiger partial charge in [-0.15, -0.1) is 0 Å². The van der Waals surface area contributed by atoms with Gasteiger partial charge in [0.05, 0.1) is 11.5 Å². The Balaban J connectivity index is 1.07. The van der Waals surface area contributed by atoms with Crippen molar-refractivity contribution in [3.8, 4) is 5.75 Å². The molecule has 1 saturated heterocycles. The number of carbonyl (C=O) groups is 2. The van der Waals surface area contributed by atoms with E-state index in [9.17, 15) is 18.0 Å². The summed E-state index contributed by atoms with van der Waals surface area (Å²) in [5, 5.41) is 0. The molecule has 0 aliphatic carbocycles. The predicted octanol–water partition coefficient (Wildman–Crippen LogP) is 4.02. The second kappa shape index (κ2) is 12.0. The van der Waals surface area contributed by atoms with Crippen molar-refractivity contribution in [1.82, 2.24) is 9.62 Å². The highest BCUT2D eigenvalue weighted by Crippen LogP contribution is 2.32. The van der Waals surface area contributed by atoms with Crippen LogP contribution in [0.2, 0.25) is 0 Å². The highest BCUT2D eigenvalue weighted by molar-refractivity contribution is 7.89. The molecule has 2 aliphatic heterocycles. The van der Waals surface area contributed by atoms with Gasteiger partial charge in [0.1, 0.15) is 5.75 Å². The summed E-state index contributed by atoms with van der Waals surface area (Å²) in [6, 6.07) is 23.5. The molecule has 0 unspecified atom stereocenters. The molecule has 204 valence electrons. The van der Waals surface area contributed by atoms with E-state index in [1.165, 1.54) is 5.56 Å². The summed E-state index contributed by atoms with van der Waals surface area (Å²) in [5.74, 6) is 0.766. The van der Waals surface area contributed by atoms with E-state index >= 15 is 0 Å². The lowest BCUT2D eigenvalue weighted by Crippen LogP contribution is -2.50. The average Bonchev–Trinajstić information content (AvgIpc) is 2.97. The lowest BCUT2D eigenvalue weighted by Gasteiger charge is -2.41. The Bertz CT molecular complexity index is 1400. The number of fused-ring (bicyclic) bond motifs is 1. The van der Waals surface area contributed by atoms with Crippen LogP contribution in [0.25, 0.3) is 0 Å². The van der Waals surface area contributed by atoms with Gasteiger partial charge in [-0.3, -0.25) is 9.59 Å². The third kappa shape index (κ3) is 6.32. The van der Waals surface area contributed by atoms with Crippen LogP contribution in [0.15, 0.2) is 83.8 Å². The number of para-hydroxylation sites is 1. The Kier molecular flexibility index (Phi) is 8.28. The summed E-state index contributed by atoms with van der Waals surface area (Å²) in [6.07, 6.45) is 3.33. The number of likely N-dealkylation sites (tertiary alicyclic amines) is 1. The molecule has 2 heterocycles. The van der Waals surface area contributed by atoms with Gasteiger partial charge in [-0.2, -0.15) is 0 Å². The molecular formula is C30H33N3O5S. The van der Waals surface area contributed by atoms with Crippen molar-refractivity contribution < 1.29 is 22.7 Å². The van der Waals surface area contributed by atoms with Crippen LogP contribution in [0.4, 0.5) is 5.69 Å². The van der Waals surface area contributed by atoms with Crippen molar-refractivity contribution in [1.29, 1.82) is 0 Å². The largest absolute Gasteiger partial charge is 0.494 e. The second-order valence-electron chi connectivity index (χ2n) is 9.85. The van der Waals surface area contributed by atoms with Crippen LogP contribution < -0.4 is 14.4 Å². The molecule has 1 N–H and O–H groups in total. The van der Waals surface area contributed by atoms with Gasteiger partial charge in [-0.1, -0.05) is 36.4 Å². The number of carbonyl (C=O) groups excluding carboxylic acids is 2. The summed E-state index contributed by atoms with van der Waals surface area (Å²) in [5.41, 5.74) is 2.82. The third-order valence-electron chi connectivity index (χ3n) is 7.28. The number of ether oxygens (including phenoxy) is 1. The van der Waals surface area contributed by atoms with Crippen LogP contribution in [0.3, 0.4) is 0 Å². The molecule has 3 aromatic carbocycles. The topological polar surface area (TPSA) is 96.0 Å². The Labute approximate surface area is 229 Å². The molecule has 0 atom stereocenters. The van der Waals surface area contributed by atoms with Gasteiger partial charge in [0.15, 0.2) is 0 Å². The molecule has 0 radical (unpaired) electrons. The number of hydrogen-bond acceptors (Lipinski definition) is 5. The molecule has 2 amide bonds. The van der Waals surface area contributed by atoms with Crippen LogP contribution in [0.1, 0.15) is 41.6 Å². The first kappa shape index (κ1) is 26.9. The maximum Gasteiger partial charge on any atom is 0.253 e. The molecule has 8 nitrogen and oxygen atoms in total. The zero-order chi connectivity index (χ0) is 27.2. The van der Waals surface area contributed by atoms with Gasteiger partial charge in [0.2, 0.25) is 15.9 Å². The van der Waals surface area contributed by atoms with E-state index < -0.39 is 10.0 Å². The smallest absolute Gasteiger partial charge is 0.253 e. The zero-order valence-electron chi connectivity index (χ0n) is 21.8. The SMILES string of the molecule is O=C(c1ccc(OCCCNS(=O)(=O)c2ccccc2)cc1)N1CCC(N2C(=O)CCc3ccccc32)CC1. The quantitative estimate of drug-likeness (QED) is 0.409. The number of sulfonamides is 1. The summed E-state index contributed by atoms with van der Waals surface area (Å²) >= 11 is 0. The Hall–Kier alpha value is -3.69. The van der Waals surface area contributed by atoms with Gasteiger partial charge in [-0.25, -0.2) is 13.1 Å². The Morgan fingerprint density at radius 2 is 1.59 bits per heavy atom. The van der Waals surface area contributed by atoms with Crippen LogP contribution in [-0.2, 0) is 21.2 Å². The fraction of sp³-hybridized carbons (Fsp3) is 0.333. The molecule has 39 heavy (non-hydrogen) atoms. The van der Waals surface area contributed by atoms with Gasteiger partial charge in [-0.05, 0) is 73.7 Å². The maximum atomic E-state index is 13.1. The van der Waals surface area contributed by atoms with Crippen molar-refractivity contribution in [3.63, 3.8) is 0 Å². The standard InChI is InChI=1S/C30H33N3O5S/c34-29-16-13-23-7-4-5-10-28(23)33(29)25-17-20-32(21-18-25)30(35)24-11-14-26(15-12-24)38-22-6-19-31-39(36,37)27-8-2-1-3-9-27/h1-5,7-12,14-15,25,31H,6,13,16-22H2. The highest BCUT2D eigenvalue weighted by Gasteiger charge is 2.33. The normalized spacial score (nSPS) is 16.2. The van der Waals surface area contributed by atoms with Crippen LogP contribution >= 0.6 is 0 Å². The van der Waals surface area contributed by atoms with Crippen molar-refractivity contribution in [2.75, 3.05) is 31.1 Å². The van der Waals surface area contributed by atoms with E-state index in [0.717, 1.165) is 24.9 Å². The first-order valence-electron chi connectivity index (χ1n) is 13.4. The molecule has 3 aromatic rings. The van der Waals surface area contributed by atoms with Crippen LogP contribution in [0, 0.1) is 0 Å². The average molecular weight is 548 g/mol. The number of amides is 2. The number of piperidine rings is 1. The molecule has 2 aliphatic rings. The van der Waals surface area contributed by atoms with Gasteiger partial charge in [0, 0.05) is 43.3 Å². The van der Waals surface area contributed by atoms with E-state index in [4.69, 9.17) is 4.74 Å². The van der Waals surface area contributed by atoms with Crippen molar-refractivity contribution >= 4 is 27.5 Å². The monoisotopic (exact) mass is 547 g/mol. The molecule has 0 saturated carbocycles. The van der Waals surface area contributed by atoms with Crippen molar-refractivity contribution in [3.05, 3.63) is 90.0 Å². The minimum atomic E-state index is -3.52. The lowest BCUT2D eigenvalue weighted by molar-refractivity contribution is -0.119. The summed E-state index contributed by atoms with van der Waals surface area (Å²) < 4.78 is 32.8. The van der Waals surface area contributed by atoms with E-state index in [0.29, 0.717) is 43.9 Å². The zero-order valence-corrected chi connectivity index (χ0v) is 22.6. The summed E-state index contributed by atoms with van der Waals surface area (Å²) in [6.45, 7) is 1.81. The fourth-order valence-corrected chi connectivity index (χ4v) is 6.30. The number of anilines is 1. The molecule has 9 heteroatoms. The highest BCUT2D eigenvalue weighted by atomic mass is 32.2.